The first-order valence-electron chi connectivity index (χ1n) is 18.5. The molecule has 5 aromatic rings. The van der Waals surface area contributed by atoms with Gasteiger partial charge in [0.15, 0.2) is 5.82 Å². The molecular formula is C40H42F3N7O2S. The van der Waals surface area contributed by atoms with Crippen LogP contribution in [0.3, 0.4) is 0 Å². The first-order chi connectivity index (χ1) is 25.7. The third-order valence-corrected chi connectivity index (χ3v) is 12.7. The molecule has 4 atom stereocenters. The monoisotopic (exact) mass is 741 g/mol. The number of aryl methyl sites for hydroxylation is 1. The summed E-state index contributed by atoms with van der Waals surface area (Å²) in [5, 5.41) is 17.5. The van der Waals surface area contributed by atoms with E-state index in [2.05, 4.69) is 26.9 Å². The van der Waals surface area contributed by atoms with E-state index in [0.717, 1.165) is 64.0 Å². The average Bonchev–Trinajstić information content (AvgIpc) is 3.86. The summed E-state index contributed by atoms with van der Waals surface area (Å²) in [7, 11) is 1.77. The van der Waals surface area contributed by atoms with Gasteiger partial charge in [0.2, 0.25) is 0 Å². The summed E-state index contributed by atoms with van der Waals surface area (Å²) in [5.74, 6) is 2.69. The van der Waals surface area contributed by atoms with Crippen molar-refractivity contribution in [1.29, 1.82) is 0 Å². The molecule has 0 amide bonds. The molecule has 0 unspecified atom stereocenters. The quantitative estimate of drug-likeness (QED) is 0.132. The third kappa shape index (κ3) is 5.67. The Hall–Kier alpha value is -4.25. The zero-order valence-electron chi connectivity index (χ0n) is 29.9. The summed E-state index contributed by atoms with van der Waals surface area (Å²) in [6.07, 6.45) is 14.1. The van der Waals surface area contributed by atoms with Gasteiger partial charge in [0.05, 0.1) is 16.5 Å². The fraction of sp³-hybridized carbons (Fsp3) is 0.475. The Bertz CT molecular complexity index is 2300. The van der Waals surface area contributed by atoms with Crippen molar-refractivity contribution < 1.29 is 23.0 Å². The lowest BCUT2D eigenvalue weighted by atomic mass is 9.91. The Balaban J connectivity index is 1.26. The van der Waals surface area contributed by atoms with Gasteiger partial charge in [-0.1, -0.05) is 12.0 Å². The molecule has 13 heteroatoms. The average molecular weight is 742 g/mol. The van der Waals surface area contributed by atoms with Gasteiger partial charge in [-0.15, -0.1) is 6.42 Å². The van der Waals surface area contributed by atoms with Crippen LogP contribution < -0.4 is 9.64 Å². The number of alkyl halides is 1. The second-order valence-electron chi connectivity index (χ2n) is 15.2. The first-order valence-corrected chi connectivity index (χ1v) is 19.9. The van der Waals surface area contributed by atoms with E-state index in [9.17, 15) is 9.50 Å². The van der Waals surface area contributed by atoms with Gasteiger partial charge in [-0.05, 0) is 86.4 Å². The van der Waals surface area contributed by atoms with Crippen molar-refractivity contribution in [3.63, 3.8) is 0 Å². The van der Waals surface area contributed by atoms with E-state index in [1.807, 2.05) is 18.0 Å². The zero-order valence-corrected chi connectivity index (χ0v) is 30.7. The Morgan fingerprint density at radius 2 is 1.91 bits per heavy atom. The number of anilines is 1. The number of fused-ring (bicyclic) bond motifs is 7. The number of rotatable bonds is 9. The second-order valence-corrected chi connectivity index (χ2v) is 16.2. The summed E-state index contributed by atoms with van der Waals surface area (Å²) in [6.45, 7) is 4.15. The van der Waals surface area contributed by atoms with Crippen molar-refractivity contribution in [3.8, 4) is 35.2 Å². The molecule has 0 spiro atoms. The van der Waals surface area contributed by atoms with Crippen LogP contribution in [0.25, 0.3) is 43.7 Å². The van der Waals surface area contributed by atoms with Gasteiger partial charge < -0.3 is 14.7 Å². The van der Waals surface area contributed by atoms with E-state index in [0.29, 0.717) is 45.8 Å². The van der Waals surface area contributed by atoms with E-state index in [4.69, 9.17) is 26.2 Å². The Kier molecular flexibility index (Phi) is 8.63. The lowest BCUT2D eigenvalue weighted by molar-refractivity contribution is 0.107. The highest BCUT2D eigenvalue weighted by molar-refractivity contribution is 7.98. The van der Waals surface area contributed by atoms with Crippen LogP contribution in [-0.4, -0.2) is 110 Å². The molecule has 4 aliphatic heterocycles. The van der Waals surface area contributed by atoms with Crippen molar-refractivity contribution >= 4 is 50.2 Å². The molecule has 6 heterocycles. The molecule has 53 heavy (non-hydrogen) atoms. The van der Waals surface area contributed by atoms with Crippen LogP contribution >= 0.6 is 11.8 Å². The summed E-state index contributed by atoms with van der Waals surface area (Å²) in [4.78, 5) is 16.9. The number of nitrogens with zero attached hydrogens (tertiary/aromatic N) is 7. The largest absolute Gasteiger partial charge is 0.508 e. The number of ether oxygens (including phenoxy) is 1. The van der Waals surface area contributed by atoms with E-state index in [-0.39, 0.29) is 52.7 Å². The third-order valence-electron chi connectivity index (χ3n) is 12.0. The van der Waals surface area contributed by atoms with Crippen molar-refractivity contribution in [2.24, 2.45) is 7.05 Å². The van der Waals surface area contributed by atoms with E-state index in [1.165, 1.54) is 24.3 Å². The molecule has 2 aromatic heterocycles. The van der Waals surface area contributed by atoms with Gasteiger partial charge in [0.25, 0.3) is 0 Å². The van der Waals surface area contributed by atoms with E-state index in [1.54, 1.807) is 11.7 Å². The molecule has 4 aliphatic rings. The van der Waals surface area contributed by atoms with Gasteiger partial charge in [-0.25, -0.2) is 13.2 Å². The number of aromatic hydroxyl groups is 1. The number of benzene rings is 3. The zero-order chi connectivity index (χ0) is 36.6. The molecule has 0 saturated carbocycles. The maximum absolute atomic E-state index is 17.8. The fourth-order valence-electron chi connectivity index (χ4n) is 9.77. The highest BCUT2D eigenvalue weighted by Gasteiger charge is 2.49. The summed E-state index contributed by atoms with van der Waals surface area (Å²) >= 11 is 1.86. The standard InChI is InChI=1S/C40H42F3N7O2S/c1-4-28-31(42)10-7-23-15-27(51)16-29(32(23)28)33-35(43)37-34(30-21-47(2)46-36(30)33)38(50-25-8-9-26(50)20-48(19-25)12-6-14-53-3)45-39(44-37)52-22-40-11-5-13-49(40)18-24(41)17-40/h1,7,10,15-16,21,24-26,51H,5-6,8-9,11-14,17-20,22H2,2-3H3/t24-,25-,26+,40+/m1/s1. The minimum atomic E-state index is -0.927. The number of hydrogen-bond acceptors (Lipinski definition) is 9. The molecule has 0 radical (unpaired) electrons. The van der Waals surface area contributed by atoms with Crippen LogP contribution in [0.4, 0.5) is 19.0 Å². The highest BCUT2D eigenvalue weighted by Crippen LogP contribution is 2.47. The SMILES string of the molecule is C#Cc1c(F)ccc2cc(O)cc(-c3c(F)c4nc(OC[C@@]56CCCN5C[C@H](F)C6)nc(N5[C@@H]6CC[C@H]5CN(CCCSC)C6)c4c4cn(C)nc34)c12. The summed E-state index contributed by atoms with van der Waals surface area (Å²) in [5.41, 5.74) is 0.115. The van der Waals surface area contributed by atoms with Crippen LogP contribution in [0.2, 0.25) is 0 Å². The van der Waals surface area contributed by atoms with Gasteiger partial charge >= 0.3 is 6.01 Å². The molecule has 0 aliphatic carbocycles. The van der Waals surface area contributed by atoms with Crippen molar-refractivity contribution in [3.05, 3.63) is 47.7 Å². The van der Waals surface area contributed by atoms with Gasteiger partial charge in [0.1, 0.15) is 41.2 Å². The molecular weight excluding hydrogens is 700 g/mol. The predicted octanol–water partition coefficient (Wildman–Crippen LogP) is 6.66. The normalized spacial score (nSPS) is 24.5. The molecule has 9 rings (SSSR count). The Morgan fingerprint density at radius 1 is 1.09 bits per heavy atom. The topological polar surface area (TPSA) is 82.8 Å². The van der Waals surface area contributed by atoms with E-state index < -0.39 is 23.3 Å². The number of aromatic nitrogens is 4. The molecule has 9 nitrogen and oxygen atoms in total. The minimum Gasteiger partial charge on any atom is -0.508 e. The Morgan fingerprint density at radius 3 is 2.68 bits per heavy atom. The first kappa shape index (κ1) is 34.5. The van der Waals surface area contributed by atoms with Crippen LogP contribution in [-0.2, 0) is 7.05 Å². The van der Waals surface area contributed by atoms with Crippen molar-refractivity contribution in [1.82, 2.24) is 29.5 Å². The maximum Gasteiger partial charge on any atom is 0.319 e. The number of piperazine rings is 1. The van der Waals surface area contributed by atoms with Crippen LogP contribution in [0.15, 0.2) is 30.5 Å². The molecule has 2 bridgehead atoms. The maximum atomic E-state index is 17.8. The number of terminal acetylenes is 1. The number of phenols is 1. The van der Waals surface area contributed by atoms with Crippen molar-refractivity contribution in [2.45, 2.75) is 62.3 Å². The van der Waals surface area contributed by atoms with Crippen LogP contribution in [0.5, 0.6) is 11.8 Å². The minimum absolute atomic E-state index is 0.0297. The number of hydrogen-bond donors (Lipinski definition) is 1. The fourth-order valence-corrected chi connectivity index (χ4v) is 10.2. The number of likely N-dealkylation sites (tertiary alicyclic amines) is 1. The summed E-state index contributed by atoms with van der Waals surface area (Å²) in [6, 6.07) is 5.99. The molecule has 1 N–H and O–H groups in total. The smallest absolute Gasteiger partial charge is 0.319 e. The Labute approximate surface area is 310 Å². The van der Waals surface area contributed by atoms with Gasteiger partial charge in [-0.2, -0.15) is 26.8 Å². The molecule has 4 fully saturated rings. The van der Waals surface area contributed by atoms with E-state index >= 15 is 8.78 Å². The van der Waals surface area contributed by atoms with Gasteiger partial charge in [-0.3, -0.25) is 14.5 Å². The lowest BCUT2D eigenvalue weighted by Gasteiger charge is -2.42. The second kappa shape index (κ2) is 13.2. The lowest BCUT2D eigenvalue weighted by Crippen LogP contribution is -2.54. The molecule has 3 aromatic carbocycles. The highest BCUT2D eigenvalue weighted by atomic mass is 32.2. The van der Waals surface area contributed by atoms with Crippen LogP contribution in [0.1, 0.15) is 44.1 Å². The van der Waals surface area contributed by atoms with Gasteiger partial charge in [0, 0.05) is 67.7 Å². The van der Waals surface area contributed by atoms with Crippen LogP contribution in [0, 0.1) is 24.0 Å². The summed E-state index contributed by atoms with van der Waals surface area (Å²) < 4.78 is 55.8. The predicted molar refractivity (Wildman–Crippen MR) is 204 cm³/mol. The number of thioether (sulfide) groups is 1. The number of halogens is 3. The number of phenolic OH excluding ortho intramolecular Hbond substituents is 1. The molecule has 276 valence electrons. The van der Waals surface area contributed by atoms with Crippen molar-refractivity contribution in [2.75, 3.05) is 56.2 Å². The molecule has 4 saturated heterocycles.